The van der Waals surface area contributed by atoms with Crippen molar-refractivity contribution in [3.05, 3.63) is 41.7 Å². The van der Waals surface area contributed by atoms with Gasteiger partial charge in [-0.2, -0.15) is 0 Å². The zero-order valence-corrected chi connectivity index (χ0v) is 14.1. The predicted molar refractivity (Wildman–Crippen MR) is 94.3 cm³/mol. The number of allylic oxidation sites excluding steroid dienone is 1. The van der Waals surface area contributed by atoms with Gasteiger partial charge in [0.25, 0.3) is 0 Å². The molecule has 1 fully saturated rings. The Hall–Kier alpha value is -1.11. The summed E-state index contributed by atoms with van der Waals surface area (Å²) in [5.74, 6) is 1.78. The van der Waals surface area contributed by atoms with E-state index in [4.69, 9.17) is 0 Å². The van der Waals surface area contributed by atoms with Gasteiger partial charge in [0.15, 0.2) is 0 Å². The van der Waals surface area contributed by atoms with Gasteiger partial charge in [0.1, 0.15) is 5.82 Å². The van der Waals surface area contributed by atoms with E-state index in [-0.39, 0.29) is 5.82 Å². The third-order valence-corrected chi connectivity index (χ3v) is 5.10. The van der Waals surface area contributed by atoms with Crippen LogP contribution in [0, 0.1) is 17.7 Å². The maximum absolute atomic E-state index is 12.8. The largest absolute Gasteiger partial charge is 0.207 e. The molecule has 0 spiro atoms. The van der Waals surface area contributed by atoms with Gasteiger partial charge in [0.05, 0.1) is 0 Å². The lowest BCUT2D eigenvalue weighted by molar-refractivity contribution is 0.250. The molecule has 2 rings (SSSR count). The number of rotatable bonds is 8. The SMILES string of the molecule is CCCCCC1CCC(CC/C=C/c2ccc(F)cc2)CC1. The van der Waals surface area contributed by atoms with Gasteiger partial charge in [0, 0.05) is 0 Å². The van der Waals surface area contributed by atoms with E-state index in [0.29, 0.717) is 0 Å². The first-order valence-corrected chi connectivity index (χ1v) is 9.20. The van der Waals surface area contributed by atoms with Crippen molar-refractivity contribution in [2.75, 3.05) is 0 Å². The van der Waals surface area contributed by atoms with E-state index in [2.05, 4.69) is 19.1 Å². The summed E-state index contributed by atoms with van der Waals surface area (Å²) in [6.45, 7) is 2.29. The lowest BCUT2D eigenvalue weighted by Crippen LogP contribution is -2.14. The number of hydrogen-bond acceptors (Lipinski definition) is 0. The molecule has 0 unspecified atom stereocenters. The molecular formula is C21H31F. The first-order chi connectivity index (χ1) is 10.8. The van der Waals surface area contributed by atoms with E-state index in [9.17, 15) is 4.39 Å². The maximum Gasteiger partial charge on any atom is 0.123 e. The number of halogens is 1. The van der Waals surface area contributed by atoms with E-state index >= 15 is 0 Å². The van der Waals surface area contributed by atoms with E-state index in [0.717, 1.165) is 23.8 Å². The van der Waals surface area contributed by atoms with Crippen LogP contribution in [0.4, 0.5) is 4.39 Å². The van der Waals surface area contributed by atoms with Crippen molar-refractivity contribution in [1.82, 2.24) is 0 Å². The van der Waals surface area contributed by atoms with Crippen LogP contribution in [0.15, 0.2) is 30.3 Å². The molecule has 1 heteroatoms. The van der Waals surface area contributed by atoms with Crippen LogP contribution in [-0.4, -0.2) is 0 Å². The van der Waals surface area contributed by atoms with E-state index in [1.165, 1.54) is 69.9 Å². The van der Waals surface area contributed by atoms with Crippen LogP contribution in [0.3, 0.4) is 0 Å². The third-order valence-electron chi connectivity index (χ3n) is 5.10. The highest BCUT2D eigenvalue weighted by atomic mass is 19.1. The summed E-state index contributed by atoms with van der Waals surface area (Å²) < 4.78 is 12.8. The van der Waals surface area contributed by atoms with Gasteiger partial charge < -0.3 is 0 Å². The quantitative estimate of drug-likeness (QED) is 0.453. The van der Waals surface area contributed by atoms with Crippen molar-refractivity contribution in [2.45, 2.75) is 71.1 Å². The molecule has 0 atom stereocenters. The Morgan fingerprint density at radius 2 is 1.59 bits per heavy atom. The van der Waals surface area contributed by atoms with Gasteiger partial charge in [-0.1, -0.05) is 82.6 Å². The van der Waals surface area contributed by atoms with Crippen LogP contribution in [0.2, 0.25) is 0 Å². The highest BCUT2D eigenvalue weighted by molar-refractivity contribution is 5.48. The summed E-state index contributed by atoms with van der Waals surface area (Å²) in [5, 5.41) is 0. The molecule has 1 saturated carbocycles. The van der Waals surface area contributed by atoms with Crippen LogP contribution < -0.4 is 0 Å². The average molecular weight is 302 g/mol. The minimum absolute atomic E-state index is 0.159. The molecule has 1 aromatic carbocycles. The fourth-order valence-corrected chi connectivity index (χ4v) is 3.62. The molecule has 1 aliphatic rings. The van der Waals surface area contributed by atoms with E-state index < -0.39 is 0 Å². The minimum atomic E-state index is -0.159. The first-order valence-electron chi connectivity index (χ1n) is 9.20. The molecule has 0 bridgehead atoms. The van der Waals surface area contributed by atoms with Crippen molar-refractivity contribution in [2.24, 2.45) is 11.8 Å². The Balaban J connectivity index is 1.59. The van der Waals surface area contributed by atoms with Gasteiger partial charge >= 0.3 is 0 Å². The molecule has 0 saturated heterocycles. The van der Waals surface area contributed by atoms with Crippen molar-refractivity contribution in [3.8, 4) is 0 Å². The lowest BCUT2D eigenvalue weighted by Gasteiger charge is -2.28. The topological polar surface area (TPSA) is 0 Å². The Morgan fingerprint density at radius 3 is 2.23 bits per heavy atom. The second-order valence-corrected chi connectivity index (χ2v) is 6.91. The molecule has 1 aromatic rings. The zero-order valence-electron chi connectivity index (χ0n) is 14.1. The Bertz CT molecular complexity index is 424. The molecule has 0 aromatic heterocycles. The molecule has 0 amide bonds. The second kappa shape index (κ2) is 9.82. The van der Waals surface area contributed by atoms with Gasteiger partial charge in [-0.3, -0.25) is 0 Å². The van der Waals surface area contributed by atoms with Crippen molar-refractivity contribution >= 4 is 6.08 Å². The van der Waals surface area contributed by atoms with Crippen LogP contribution in [0.25, 0.3) is 6.08 Å². The van der Waals surface area contributed by atoms with Crippen molar-refractivity contribution in [1.29, 1.82) is 0 Å². The summed E-state index contributed by atoms with van der Waals surface area (Å²) >= 11 is 0. The van der Waals surface area contributed by atoms with Crippen LogP contribution in [0.5, 0.6) is 0 Å². The fraction of sp³-hybridized carbons (Fsp3) is 0.619. The predicted octanol–water partition coefficient (Wildman–Crippen LogP) is 7.01. The molecule has 0 radical (unpaired) electrons. The zero-order chi connectivity index (χ0) is 15.6. The normalized spacial score (nSPS) is 22.3. The highest BCUT2D eigenvalue weighted by Crippen LogP contribution is 2.34. The summed E-state index contributed by atoms with van der Waals surface area (Å²) in [6, 6.07) is 6.74. The monoisotopic (exact) mass is 302 g/mol. The third kappa shape index (κ3) is 6.34. The summed E-state index contributed by atoms with van der Waals surface area (Å²) in [5.41, 5.74) is 1.10. The average Bonchev–Trinajstić information content (AvgIpc) is 2.55. The lowest BCUT2D eigenvalue weighted by atomic mass is 9.78. The Kier molecular flexibility index (Phi) is 7.70. The molecule has 0 aliphatic heterocycles. The first kappa shape index (κ1) is 17.2. The van der Waals surface area contributed by atoms with Crippen LogP contribution >= 0.6 is 0 Å². The van der Waals surface area contributed by atoms with Gasteiger partial charge in [-0.15, -0.1) is 0 Å². The minimum Gasteiger partial charge on any atom is -0.207 e. The van der Waals surface area contributed by atoms with Crippen LogP contribution in [-0.2, 0) is 0 Å². The molecule has 1 aliphatic carbocycles. The molecule has 0 N–H and O–H groups in total. The highest BCUT2D eigenvalue weighted by Gasteiger charge is 2.19. The van der Waals surface area contributed by atoms with E-state index in [1.807, 2.05) is 12.1 Å². The van der Waals surface area contributed by atoms with Gasteiger partial charge in [-0.05, 0) is 42.4 Å². The molecule has 22 heavy (non-hydrogen) atoms. The smallest absolute Gasteiger partial charge is 0.123 e. The van der Waals surface area contributed by atoms with Crippen LogP contribution in [0.1, 0.15) is 76.7 Å². The molecule has 0 heterocycles. The Labute approximate surface area is 135 Å². The second-order valence-electron chi connectivity index (χ2n) is 6.91. The molecule has 0 nitrogen and oxygen atoms in total. The summed E-state index contributed by atoms with van der Waals surface area (Å²) in [7, 11) is 0. The summed E-state index contributed by atoms with van der Waals surface area (Å²) in [4.78, 5) is 0. The van der Waals surface area contributed by atoms with E-state index in [1.54, 1.807) is 0 Å². The molecular weight excluding hydrogens is 271 g/mol. The summed E-state index contributed by atoms with van der Waals surface area (Å²) in [6.07, 6.45) is 18.3. The standard InChI is InChI=1S/C21H31F/c1-2-3-4-7-18-10-12-19(13-11-18)8-5-6-9-20-14-16-21(22)17-15-20/h6,9,14-19H,2-5,7-8,10-13H2,1H3/b9-6+. The van der Waals surface area contributed by atoms with Crippen molar-refractivity contribution in [3.63, 3.8) is 0 Å². The number of hydrogen-bond donors (Lipinski definition) is 0. The van der Waals surface area contributed by atoms with Crippen molar-refractivity contribution < 1.29 is 4.39 Å². The molecule has 122 valence electrons. The van der Waals surface area contributed by atoms with Gasteiger partial charge in [0.2, 0.25) is 0 Å². The maximum atomic E-state index is 12.8. The Morgan fingerprint density at radius 1 is 0.955 bits per heavy atom. The number of unbranched alkanes of at least 4 members (excludes halogenated alkanes) is 2. The fourth-order valence-electron chi connectivity index (χ4n) is 3.62. The number of benzene rings is 1. The van der Waals surface area contributed by atoms with Gasteiger partial charge in [-0.25, -0.2) is 4.39 Å².